The van der Waals surface area contributed by atoms with Gasteiger partial charge >= 0.3 is 6.09 Å². The van der Waals surface area contributed by atoms with E-state index in [2.05, 4.69) is 0 Å². The molecule has 0 saturated carbocycles. The van der Waals surface area contributed by atoms with Gasteiger partial charge in [-0.05, 0) is 25.0 Å². The van der Waals surface area contributed by atoms with Crippen LogP contribution in [0.2, 0.25) is 0 Å². The number of fused-ring (bicyclic) bond motifs is 1. The Balaban J connectivity index is 2.31. The third-order valence-corrected chi connectivity index (χ3v) is 2.78. The number of nitrogens with zero attached hydrogens (tertiary/aromatic N) is 1. The highest BCUT2D eigenvalue weighted by Crippen LogP contribution is 2.32. The third kappa shape index (κ3) is 1.88. The molecule has 1 aromatic rings. The normalized spacial score (nSPS) is 19.1. The zero-order valence-corrected chi connectivity index (χ0v) is 9.35. The number of anilines is 1. The second-order valence-corrected chi connectivity index (χ2v) is 3.80. The molecule has 1 aliphatic rings. The highest BCUT2D eigenvalue weighted by Gasteiger charge is 2.26. The van der Waals surface area contributed by atoms with Crippen molar-refractivity contribution in [2.24, 2.45) is 5.73 Å². The number of benzene rings is 1. The van der Waals surface area contributed by atoms with Crippen LogP contribution in [0.3, 0.4) is 0 Å². The van der Waals surface area contributed by atoms with Gasteiger partial charge < -0.3 is 10.5 Å². The van der Waals surface area contributed by atoms with E-state index in [0.717, 1.165) is 17.7 Å². The van der Waals surface area contributed by atoms with E-state index in [9.17, 15) is 4.79 Å². The van der Waals surface area contributed by atoms with E-state index in [-0.39, 0.29) is 12.1 Å². The largest absolute Gasteiger partial charge is 0.449 e. The number of carbonyl (C=O) groups excluding carboxylic acids is 1. The molecule has 1 heterocycles. The quantitative estimate of drug-likeness (QED) is 0.788. The number of rotatable bonds is 1. The fourth-order valence-electron chi connectivity index (χ4n) is 1.98. The second kappa shape index (κ2) is 4.53. The summed E-state index contributed by atoms with van der Waals surface area (Å²) >= 11 is 0. The topological polar surface area (TPSA) is 55.6 Å². The Morgan fingerprint density at radius 2 is 2.31 bits per heavy atom. The van der Waals surface area contributed by atoms with Gasteiger partial charge in [0.05, 0.1) is 12.3 Å². The third-order valence-electron chi connectivity index (χ3n) is 2.78. The van der Waals surface area contributed by atoms with Crippen molar-refractivity contribution in [2.75, 3.05) is 18.1 Å². The lowest BCUT2D eigenvalue weighted by Gasteiger charge is -2.31. The van der Waals surface area contributed by atoms with Crippen molar-refractivity contribution in [3.63, 3.8) is 0 Å². The molecule has 0 fully saturated rings. The second-order valence-electron chi connectivity index (χ2n) is 3.80. The van der Waals surface area contributed by atoms with Crippen LogP contribution < -0.4 is 10.6 Å². The SMILES string of the molecule is CCOC(=O)N1CC[C@@H](N)c2ccccc21. The molecule has 0 saturated heterocycles. The van der Waals surface area contributed by atoms with Crippen molar-refractivity contribution in [3.8, 4) is 0 Å². The Hall–Kier alpha value is -1.55. The smallest absolute Gasteiger partial charge is 0.414 e. The standard InChI is InChI=1S/C12H16N2O2/c1-2-16-12(15)14-8-7-10(13)9-5-3-4-6-11(9)14/h3-6,10H,2,7-8,13H2,1H3/t10-/m1/s1. The van der Waals surface area contributed by atoms with Crippen LogP contribution in [0, 0.1) is 0 Å². The number of para-hydroxylation sites is 1. The van der Waals surface area contributed by atoms with Crippen LogP contribution in [-0.2, 0) is 4.74 Å². The summed E-state index contributed by atoms with van der Waals surface area (Å²) < 4.78 is 5.02. The van der Waals surface area contributed by atoms with Gasteiger partial charge in [-0.25, -0.2) is 4.79 Å². The van der Waals surface area contributed by atoms with Crippen LogP contribution in [-0.4, -0.2) is 19.2 Å². The van der Waals surface area contributed by atoms with Crippen molar-refractivity contribution in [1.29, 1.82) is 0 Å². The summed E-state index contributed by atoms with van der Waals surface area (Å²) in [5, 5.41) is 0. The van der Waals surface area contributed by atoms with Crippen molar-refractivity contribution >= 4 is 11.8 Å². The summed E-state index contributed by atoms with van der Waals surface area (Å²) in [5.74, 6) is 0. The zero-order chi connectivity index (χ0) is 11.5. The first-order valence-electron chi connectivity index (χ1n) is 5.53. The Labute approximate surface area is 95.0 Å². The van der Waals surface area contributed by atoms with Crippen LogP contribution >= 0.6 is 0 Å². The molecule has 0 unspecified atom stereocenters. The number of amides is 1. The van der Waals surface area contributed by atoms with E-state index in [4.69, 9.17) is 10.5 Å². The van der Waals surface area contributed by atoms with Gasteiger partial charge in [0.2, 0.25) is 0 Å². The van der Waals surface area contributed by atoms with E-state index >= 15 is 0 Å². The number of carbonyl (C=O) groups is 1. The highest BCUT2D eigenvalue weighted by molar-refractivity contribution is 5.89. The van der Waals surface area contributed by atoms with Crippen LogP contribution in [0.4, 0.5) is 10.5 Å². The predicted octanol–water partition coefficient (Wildman–Crippen LogP) is 2.05. The van der Waals surface area contributed by atoms with Crippen molar-refractivity contribution < 1.29 is 9.53 Å². The summed E-state index contributed by atoms with van der Waals surface area (Å²) in [5.41, 5.74) is 7.89. The first-order chi connectivity index (χ1) is 7.74. The Morgan fingerprint density at radius 3 is 3.06 bits per heavy atom. The average molecular weight is 220 g/mol. The summed E-state index contributed by atoms with van der Waals surface area (Å²) in [4.78, 5) is 13.4. The molecule has 1 aliphatic heterocycles. The van der Waals surface area contributed by atoms with Crippen molar-refractivity contribution in [3.05, 3.63) is 29.8 Å². The fourth-order valence-corrected chi connectivity index (χ4v) is 1.98. The molecule has 0 aliphatic carbocycles. The van der Waals surface area contributed by atoms with Gasteiger partial charge in [0, 0.05) is 12.6 Å². The molecule has 2 N–H and O–H groups in total. The number of hydrogen-bond donors (Lipinski definition) is 1. The summed E-state index contributed by atoms with van der Waals surface area (Å²) in [6.07, 6.45) is 0.484. The van der Waals surface area contributed by atoms with E-state index in [0.29, 0.717) is 13.2 Å². The van der Waals surface area contributed by atoms with Gasteiger partial charge in [0.15, 0.2) is 0 Å². The highest BCUT2D eigenvalue weighted by atomic mass is 16.6. The zero-order valence-electron chi connectivity index (χ0n) is 9.35. The number of nitrogens with two attached hydrogens (primary N) is 1. The number of hydrogen-bond acceptors (Lipinski definition) is 3. The Bertz CT molecular complexity index is 392. The molecule has 4 nitrogen and oxygen atoms in total. The lowest BCUT2D eigenvalue weighted by Crippen LogP contribution is -2.38. The van der Waals surface area contributed by atoms with Gasteiger partial charge in [0.1, 0.15) is 0 Å². The lowest BCUT2D eigenvalue weighted by atomic mass is 9.98. The van der Waals surface area contributed by atoms with Crippen LogP contribution in [0.25, 0.3) is 0 Å². The molecule has 0 bridgehead atoms. The van der Waals surface area contributed by atoms with Crippen molar-refractivity contribution in [2.45, 2.75) is 19.4 Å². The summed E-state index contributed by atoms with van der Waals surface area (Å²) in [6, 6.07) is 7.73. The Kier molecular flexibility index (Phi) is 3.10. The molecule has 0 aromatic heterocycles. The summed E-state index contributed by atoms with van der Waals surface area (Å²) in [6.45, 7) is 2.82. The van der Waals surface area contributed by atoms with Gasteiger partial charge in [-0.15, -0.1) is 0 Å². The Morgan fingerprint density at radius 1 is 1.56 bits per heavy atom. The van der Waals surface area contributed by atoms with Gasteiger partial charge in [-0.3, -0.25) is 4.90 Å². The monoisotopic (exact) mass is 220 g/mol. The molecule has 0 radical (unpaired) electrons. The van der Waals surface area contributed by atoms with E-state index in [1.807, 2.05) is 24.3 Å². The molecule has 4 heteroatoms. The predicted molar refractivity (Wildman–Crippen MR) is 62.4 cm³/mol. The van der Waals surface area contributed by atoms with Gasteiger partial charge in [-0.1, -0.05) is 18.2 Å². The molecule has 1 atom stereocenters. The molecular weight excluding hydrogens is 204 g/mol. The molecule has 2 rings (SSSR count). The molecule has 86 valence electrons. The van der Waals surface area contributed by atoms with E-state index in [1.165, 1.54) is 0 Å². The van der Waals surface area contributed by atoms with Gasteiger partial charge in [-0.2, -0.15) is 0 Å². The minimum Gasteiger partial charge on any atom is -0.449 e. The molecule has 16 heavy (non-hydrogen) atoms. The van der Waals surface area contributed by atoms with Crippen LogP contribution in [0.5, 0.6) is 0 Å². The molecular formula is C12H16N2O2. The average Bonchev–Trinajstić information content (AvgIpc) is 2.30. The van der Waals surface area contributed by atoms with E-state index in [1.54, 1.807) is 11.8 Å². The molecule has 1 amide bonds. The maximum absolute atomic E-state index is 11.7. The summed E-state index contributed by atoms with van der Waals surface area (Å²) in [7, 11) is 0. The minimum atomic E-state index is -0.290. The first-order valence-corrected chi connectivity index (χ1v) is 5.53. The molecule has 0 spiro atoms. The minimum absolute atomic E-state index is 0.0156. The van der Waals surface area contributed by atoms with E-state index < -0.39 is 0 Å². The lowest BCUT2D eigenvalue weighted by molar-refractivity contribution is 0.159. The van der Waals surface area contributed by atoms with Crippen LogP contribution in [0.15, 0.2) is 24.3 Å². The maximum atomic E-state index is 11.7. The maximum Gasteiger partial charge on any atom is 0.414 e. The van der Waals surface area contributed by atoms with Gasteiger partial charge in [0.25, 0.3) is 0 Å². The van der Waals surface area contributed by atoms with Crippen LogP contribution in [0.1, 0.15) is 24.9 Å². The molecule has 1 aromatic carbocycles. The first kappa shape index (κ1) is 11.0. The van der Waals surface area contributed by atoms with Crippen molar-refractivity contribution in [1.82, 2.24) is 0 Å². The number of ether oxygens (including phenoxy) is 1. The fraction of sp³-hybridized carbons (Fsp3) is 0.417.